The van der Waals surface area contributed by atoms with Crippen molar-refractivity contribution in [2.75, 3.05) is 24.4 Å². The third-order valence-corrected chi connectivity index (χ3v) is 3.85. The first kappa shape index (κ1) is 16.8. The molecular weight excluding hydrogens is 316 g/mol. The average molecular weight is 334 g/mol. The van der Waals surface area contributed by atoms with Crippen LogP contribution in [0, 0.1) is 0 Å². The predicted molar refractivity (Wildman–Crippen MR) is 90.7 cm³/mol. The lowest BCUT2D eigenvalue weighted by Gasteiger charge is -2.11. The van der Waals surface area contributed by atoms with Gasteiger partial charge in [0.1, 0.15) is 0 Å². The molecule has 0 aliphatic carbocycles. The Bertz CT molecular complexity index is 712. The number of amides is 2. The summed E-state index contributed by atoms with van der Waals surface area (Å²) in [4.78, 5) is 23.7. The Balaban J connectivity index is 2.10. The van der Waals surface area contributed by atoms with Gasteiger partial charge in [0, 0.05) is 18.7 Å². The monoisotopic (exact) mass is 334 g/mol. The Hall–Kier alpha value is -2.54. The Labute approximate surface area is 138 Å². The summed E-state index contributed by atoms with van der Waals surface area (Å²) in [7, 11) is 1.54. The lowest BCUT2D eigenvalue weighted by molar-refractivity contribution is -0.114. The van der Waals surface area contributed by atoms with E-state index in [-0.39, 0.29) is 11.8 Å². The number of methoxy groups -OCH3 is 1. The normalized spacial score (nSPS) is 10.0. The fourth-order valence-corrected chi connectivity index (χ4v) is 2.76. The van der Waals surface area contributed by atoms with Crippen LogP contribution in [0.3, 0.4) is 0 Å². The van der Waals surface area contributed by atoms with Crippen LogP contribution in [-0.2, 0) is 4.79 Å². The molecule has 2 amide bonds. The molecule has 122 valence electrons. The van der Waals surface area contributed by atoms with Crippen molar-refractivity contribution in [2.24, 2.45) is 0 Å². The van der Waals surface area contributed by atoms with Gasteiger partial charge < -0.3 is 20.1 Å². The number of benzene rings is 1. The standard InChI is InChI=1S/C16H18N2O4S/c1-4-22-12-6-5-11(9-13(12)21-3)18-16(20)14-7-8-15(23-14)17-10(2)19/h5-9H,4H2,1-3H3,(H,17,19)(H,18,20). The molecule has 1 aromatic heterocycles. The second-order valence-corrected chi connectivity index (χ2v) is 5.68. The minimum Gasteiger partial charge on any atom is -0.493 e. The third kappa shape index (κ3) is 4.46. The fraction of sp³-hybridized carbons (Fsp3) is 0.250. The number of hydrogen-bond acceptors (Lipinski definition) is 5. The van der Waals surface area contributed by atoms with E-state index in [2.05, 4.69) is 10.6 Å². The van der Waals surface area contributed by atoms with Gasteiger partial charge in [-0.1, -0.05) is 0 Å². The zero-order chi connectivity index (χ0) is 16.8. The maximum atomic E-state index is 12.2. The number of thiophene rings is 1. The van der Waals surface area contributed by atoms with Crippen molar-refractivity contribution in [3.05, 3.63) is 35.2 Å². The number of nitrogens with one attached hydrogen (secondary N) is 2. The zero-order valence-electron chi connectivity index (χ0n) is 13.1. The molecule has 1 heterocycles. The lowest BCUT2D eigenvalue weighted by Crippen LogP contribution is -2.10. The van der Waals surface area contributed by atoms with Crippen molar-refractivity contribution < 1.29 is 19.1 Å². The van der Waals surface area contributed by atoms with Gasteiger partial charge in [-0.05, 0) is 31.2 Å². The van der Waals surface area contributed by atoms with Crippen LogP contribution in [0.15, 0.2) is 30.3 Å². The molecule has 7 heteroatoms. The van der Waals surface area contributed by atoms with E-state index in [0.29, 0.717) is 33.7 Å². The summed E-state index contributed by atoms with van der Waals surface area (Å²) in [6.45, 7) is 3.84. The number of carbonyl (C=O) groups is 2. The molecular formula is C16H18N2O4S. The van der Waals surface area contributed by atoms with Gasteiger partial charge in [-0.15, -0.1) is 11.3 Å². The molecule has 0 unspecified atom stereocenters. The number of ether oxygens (including phenoxy) is 2. The van der Waals surface area contributed by atoms with Gasteiger partial charge in [0.15, 0.2) is 11.5 Å². The smallest absolute Gasteiger partial charge is 0.265 e. The highest BCUT2D eigenvalue weighted by Crippen LogP contribution is 2.31. The van der Waals surface area contributed by atoms with Crippen molar-refractivity contribution in [2.45, 2.75) is 13.8 Å². The largest absolute Gasteiger partial charge is 0.493 e. The van der Waals surface area contributed by atoms with Crippen molar-refractivity contribution in [3.8, 4) is 11.5 Å². The summed E-state index contributed by atoms with van der Waals surface area (Å²) >= 11 is 1.21. The molecule has 1 aromatic carbocycles. The number of anilines is 2. The van der Waals surface area contributed by atoms with E-state index < -0.39 is 0 Å². The van der Waals surface area contributed by atoms with Crippen molar-refractivity contribution >= 4 is 33.8 Å². The molecule has 0 spiro atoms. The maximum absolute atomic E-state index is 12.2. The molecule has 0 radical (unpaired) electrons. The van der Waals surface area contributed by atoms with E-state index in [1.165, 1.54) is 18.3 Å². The Morgan fingerprint density at radius 3 is 2.57 bits per heavy atom. The van der Waals surface area contributed by atoms with Crippen molar-refractivity contribution in [3.63, 3.8) is 0 Å². The van der Waals surface area contributed by atoms with Gasteiger partial charge in [-0.2, -0.15) is 0 Å². The average Bonchev–Trinajstić information content (AvgIpc) is 2.96. The van der Waals surface area contributed by atoms with E-state index >= 15 is 0 Å². The molecule has 0 fully saturated rings. The number of rotatable bonds is 6. The van der Waals surface area contributed by atoms with Crippen molar-refractivity contribution in [1.29, 1.82) is 0 Å². The van der Waals surface area contributed by atoms with Gasteiger partial charge in [0.05, 0.1) is 23.6 Å². The summed E-state index contributed by atoms with van der Waals surface area (Å²) in [6, 6.07) is 8.55. The second kappa shape index (κ2) is 7.64. The molecule has 0 atom stereocenters. The summed E-state index contributed by atoms with van der Waals surface area (Å²) in [5, 5.41) is 6.07. The molecule has 0 aliphatic heterocycles. The van der Waals surface area contributed by atoms with Crippen LogP contribution < -0.4 is 20.1 Å². The SMILES string of the molecule is CCOc1ccc(NC(=O)c2ccc(NC(C)=O)s2)cc1OC. The van der Waals surface area contributed by atoms with Gasteiger partial charge in [-0.25, -0.2) is 0 Å². The Morgan fingerprint density at radius 2 is 1.91 bits per heavy atom. The van der Waals surface area contributed by atoms with Crippen LogP contribution >= 0.6 is 11.3 Å². The van der Waals surface area contributed by atoms with E-state index in [0.717, 1.165) is 0 Å². The minimum atomic E-state index is -0.252. The summed E-state index contributed by atoms with van der Waals surface area (Å²) in [5.41, 5.74) is 0.602. The first-order chi connectivity index (χ1) is 11.0. The van der Waals surface area contributed by atoms with Crippen LogP contribution in [0.1, 0.15) is 23.5 Å². The first-order valence-corrected chi connectivity index (χ1v) is 7.84. The van der Waals surface area contributed by atoms with E-state index in [1.807, 2.05) is 6.92 Å². The first-order valence-electron chi connectivity index (χ1n) is 7.03. The lowest BCUT2D eigenvalue weighted by atomic mass is 10.2. The summed E-state index contributed by atoms with van der Waals surface area (Å²) in [5.74, 6) is 0.750. The Morgan fingerprint density at radius 1 is 1.13 bits per heavy atom. The zero-order valence-corrected chi connectivity index (χ0v) is 14.0. The third-order valence-electron chi connectivity index (χ3n) is 2.85. The molecule has 23 heavy (non-hydrogen) atoms. The molecule has 0 bridgehead atoms. The fourth-order valence-electron chi connectivity index (χ4n) is 1.91. The molecule has 6 nitrogen and oxygen atoms in total. The topological polar surface area (TPSA) is 76.7 Å². The van der Waals surface area contributed by atoms with Gasteiger partial charge in [-0.3, -0.25) is 9.59 Å². The summed E-state index contributed by atoms with van der Waals surface area (Å²) in [6.07, 6.45) is 0. The van der Waals surface area contributed by atoms with Gasteiger partial charge >= 0.3 is 0 Å². The number of hydrogen-bond donors (Lipinski definition) is 2. The molecule has 0 aliphatic rings. The van der Waals surface area contributed by atoms with E-state index in [4.69, 9.17) is 9.47 Å². The van der Waals surface area contributed by atoms with E-state index in [1.54, 1.807) is 37.4 Å². The second-order valence-electron chi connectivity index (χ2n) is 4.60. The molecule has 0 saturated carbocycles. The predicted octanol–water partition coefficient (Wildman–Crippen LogP) is 3.37. The van der Waals surface area contributed by atoms with Gasteiger partial charge in [0.2, 0.25) is 5.91 Å². The highest BCUT2D eigenvalue weighted by molar-refractivity contribution is 7.18. The molecule has 2 N–H and O–H groups in total. The van der Waals surface area contributed by atoms with Crippen molar-refractivity contribution in [1.82, 2.24) is 0 Å². The van der Waals surface area contributed by atoms with Crippen LogP contribution in [0.25, 0.3) is 0 Å². The highest BCUT2D eigenvalue weighted by Gasteiger charge is 2.12. The van der Waals surface area contributed by atoms with Crippen LogP contribution in [0.4, 0.5) is 10.7 Å². The van der Waals surface area contributed by atoms with Crippen LogP contribution in [0.5, 0.6) is 11.5 Å². The highest BCUT2D eigenvalue weighted by atomic mass is 32.1. The van der Waals surface area contributed by atoms with E-state index in [9.17, 15) is 9.59 Å². The summed E-state index contributed by atoms with van der Waals surface area (Å²) < 4.78 is 10.7. The minimum absolute atomic E-state index is 0.171. The van der Waals surface area contributed by atoms with Crippen LogP contribution in [-0.4, -0.2) is 25.5 Å². The quantitative estimate of drug-likeness (QED) is 0.849. The molecule has 0 saturated heterocycles. The molecule has 2 aromatic rings. The van der Waals surface area contributed by atoms with Crippen LogP contribution in [0.2, 0.25) is 0 Å². The number of carbonyl (C=O) groups excluding carboxylic acids is 2. The van der Waals surface area contributed by atoms with Gasteiger partial charge in [0.25, 0.3) is 5.91 Å². The maximum Gasteiger partial charge on any atom is 0.265 e. The molecule has 2 rings (SSSR count). The Kier molecular flexibility index (Phi) is 5.59.